The molecule has 2 rings (SSSR count). The molecule has 1 aromatic rings. The molecule has 1 saturated heterocycles. The van der Waals surface area contributed by atoms with Crippen LogP contribution in [0.4, 0.5) is 4.79 Å². The molecule has 6 nitrogen and oxygen atoms in total. The van der Waals surface area contributed by atoms with Crippen LogP contribution in [0.3, 0.4) is 0 Å². The summed E-state index contributed by atoms with van der Waals surface area (Å²) in [6, 6.07) is 8.19. The second-order valence-electron chi connectivity index (χ2n) is 7.99. The highest BCUT2D eigenvalue weighted by Crippen LogP contribution is 2.23. The fourth-order valence-electron chi connectivity index (χ4n) is 2.91. The number of hydrogen-bond acceptors (Lipinski definition) is 5. The lowest BCUT2D eigenvalue weighted by molar-refractivity contribution is -0.157. The lowest BCUT2D eigenvalue weighted by Gasteiger charge is -2.35. The summed E-state index contributed by atoms with van der Waals surface area (Å²) in [7, 11) is 2.01. The van der Waals surface area contributed by atoms with Gasteiger partial charge in [0.25, 0.3) is 0 Å². The molecule has 1 aromatic carbocycles. The molecule has 0 radical (unpaired) electrons. The Morgan fingerprint density at radius 2 is 1.88 bits per heavy atom. The Balaban J connectivity index is 2.12. The van der Waals surface area contributed by atoms with Gasteiger partial charge >= 0.3 is 12.1 Å². The molecule has 1 aliphatic heterocycles. The van der Waals surface area contributed by atoms with Crippen molar-refractivity contribution >= 4 is 12.1 Å². The number of benzene rings is 1. The molecule has 3 atom stereocenters. The second-order valence-corrected chi connectivity index (χ2v) is 7.99. The summed E-state index contributed by atoms with van der Waals surface area (Å²) in [6.07, 6.45) is 0.147. The minimum Gasteiger partial charge on any atom is -0.459 e. The molecule has 0 aliphatic carbocycles. The monoisotopic (exact) mass is 362 g/mol. The van der Waals surface area contributed by atoms with E-state index >= 15 is 0 Å². The van der Waals surface area contributed by atoms with Gasteiger partial charge in [-0.05, 0) is 52.3 Å². The Morgan fingerprint density at radius 1 is 1.23 bits per heavy atom. The fourth-order valence-corrected chi connectivity index (χ4v) is 2.91. The summed E-state index contributed by atoms with van der Waals surface area (Å²) >= 11 is 0. The van der Waals surface area contributed by atoms with Gasteiger partial charge in [-0.15, -0.1) is 0 Å². The van der Waals surface area contributed by atoms with Gasteiger partial charge in [-0.1, -0.05) is 37.3 Å². The molecule has 2 unspecified atom stereocenters. The van der Waals surface area contributed by atoms with Crippen LogP contribution in [0.2, 0.25) is 0 Å². The Bertz CT molecular complexity index is 612. The van der Waals surface area contributed by atoms with Crippen molar-refractivity contribution in [1.29, 1.82) is 0 Å². The fraction of sp³-hybridized carbons (Fsp3) is 0.600. The van der Waals surface area contributed by atoms with Crippen LogP contribution in [0, 0.1) is 5.92 Å². The summed E-state index contributed by atoms with van der Waals surface area (Å²) in [6.45, 7) is 9.12. The number of carbonyl (C=O) groups is 2. The molecule has 6 heteroatoms. The summed E-state index contributed by atoms with van der Waals surface area (Å²) in [5, 5.41) is 2.66. The summed E-state index contributed by atoms with van der Waals surface area (Å²) in [4.78, 5) is 27.2. The zero-order valence-electron chi connectivity index (χ0n) is 16.3. The number of amides is 1. The quantitative estimate of drug-likeness (QED) is 0.834. The van der Waals surface area contributed by atoms with Gasteiger partial charge in [-0.2, -0.15) is 0 Å². The second kappa shape index (κ2) is 8.54. The number of alkyl carbamates (subject to hydrolysis) is 1. The van der Waals surface area contributed by atoms with E-state index in [1.165, 1.54) is 0 Å². The van der Waals surface area contributed by atoms with E-state index in [1.807, 2.05) is 25.2 Å². The number of ether oxygens (including phenoxy) is 2. The van der Waals surface area contributed by atoms with Gasteiger partial charge in [0.1, 0.15) is 11.7 Å². The Hall–Kier alpha value is -2.08. The topological polar surface area (TPSA) is 67.9 Å². The molecular formula is C20H30N2O4. The first-order chi connectivity index (χ1) is 12.2. The van der Waals surface area contributed by atoms with E-state index in [1.54, 1.807) is 32.9 Å². The maximum Gasteiger partial charge on any atom is 0.408 e. The summed E-state index contributed by atoms with van der Waals surface area (Å²) < 4.78 is 11.1. The zero-order valence-corrected chi connectivity index (χ0v) is 16.3. The van der Waals surface area contributed by atoms with Gasteiger partial charge in [0.05, 0.1) is 0 Å². The number of hydrogen-bond donors (Lipinski definition) is 1. The Kier molecular flexibility index (Phi) is 6.64. The number of likely N-dealkylation sites (tertiary alicyclic amines) is 1. The van der Waals surface area contributed by atoms with Crippen molar-refractivity contribution in [1.82, 2.24) is 10.2 Å². The number of nitrogens with zero attached hydrogens (tertiary/aromatic N) is 1. The maximum absolute atomic E-state index is 12.9. The Labute approximate surface area is 155 Å². The lowest BCUT2D eigenvalue weighted by Crippen LogP contribution is -2.45. The van der Waals surface area contributed by atoms with Gasteiger partial charge in [-0.25, -0.2) is 9.59 Å². The normalized spacial score (nSPS) is 22.3. The van der Waals surface area contributed by atoms with Gasteiger partial charge in [-0.3, -0.25) is 0 Å². The van der Waals surface area contributed by atoms with E-state index < -0.39 is 23.7 Å². The van der Waals surface area contributed by atoms with Crippen LogP contribution in [-0.2, 0) is 14.3 Å². The van der Waals surface area contributed by atoms with Crippen LogP contribution in [0.15, 0.2) is 30.3 Å². The van der Waals surface area contributed by atoms with Crippen LogP contribution in [-0.4, -0.2) is 48.8 Å². The van der Waals surface area contributed by atoms with Crippen molar-refractivity contribution < 1.29 is 19.1 Å². The number of carbonyl (C=O) groups excluding carboxylic acids is 2. The molecule has 0 bridgehead atoms. The number of nitrogens with one attached hydrogen (secondary N) is 1. The maximum atomic E-state index is 12.9. The largest absolute Gasteiger partial charge is 0.459 e. The first-order valence-electron chi connectivity index (χ1n) is 9.09. The van der Waals surface area contributed by atoms with Gasteiger partial charge in [0.15, 0.2) is 6.04 Å². The highest BCUT2D eigenvalue weighted by Gasteiger charge is 2.32. The summed E-state index contributed by atoms with van der Waals surface area (Å²) in [5.74, 6) is -0.178. The SMILES string of the molecule is CC1CCN(C)C[C@@H]1OC(=O)C(NC(=O)OC(C)(C)C)c1ccccc1. The van der Waals surface area contributed by atoms with Crippen molar-refractivity contribution in [3.63, 3.8) is 0 Å². The van der Waals surface area contributed by atoms with Gasteiger partial charge in [0, 0.05) is 6.54 Å². The number of likely N-dealkylation sites (N-methyl/N-ethyl adjacent to an activating group) is 1. The predicted octanol–water partition coefficient (Wildman–Crippen LogP) is 3.14. The minimum absolute atomic E-state index is 0.187. The van der Waals surface area contributed by atoms with Crippen LogP contribution in [0.1, 0.15) is 45.7 Å². The molecule has 26 heavy (non-hydrogen) atoms. The van der Waals surface area contributed by atoms with Crippen molar-refractivity contribution in [3.05, 3.63) is 35.9 Å². The highest BCUT2D eigenvalue weighted by molar-refractivity contribution is 5.83. The van der Waals surface area contributed by atoms with Crippen molar-refractivity contribution in [2.24, 2.45) is 5.92 Å². The third-order valence-electron chi connectivity index (χ3n) is 4.39. The van der Waals surface area contributed by atoms with E-state index in [2.05, 4.69) is 17.1 Å². The molecule has 0 saturated carbocycles. The average Bonchev–Trinajstić information content (AvgIpc) is 2.55. The first-order valence-corrected chi connectivity index (χ1v) is 9.09. The van der Waals surface area contributed by atoms with Crippen molar-refractivity contribution in [2.45, 2.75) is 51.9 Å². The molecule has 1 heterocycles. The molecule has 0 aromatic heterocycles. The first kappa shape index (κ1) is 20.2. The van der Waals surface area contributed by atoms with E-state index in [-0.39, 0.29) is 12.0 Å². The van der Waals surface area contributed by atoms with Crippen LogP contribution >= 0.6 is 0 Å². The number of rotatable bonds is 4. The van der Waals surface area contributed by atoms with E-state index in [4.69, 9.17) is 9.47 Å². The number of esters is 1. The smallest absolute Gasteiger partial charge is 0.408 e. The lowest BCUT2D eigenvalue weighted by atomic mass is 9.96. The molecule has 144 valence electrons. The van der Waals surface area contributed by atoms with E-state index in [0.717, 1.165) is 13.0 Å². The average molecular weight is 362 g/mol. The van der Waals surface area contributed by atoms with Crippen LogP contribution in [0.25, 0.3) is 0 Å². The van der Waals surface area contributed by atoms with Crippen LogP contribution in [0.5, 0.6) is 0 Å². The molecule has 1 fully saturated rings. The van der Waals surface area contributed by atoms with Gasteiger partial charge in [0.2, 0.25) is 0 Å². The molecule has 1 amide bonds. The highest BCUT2D eigenvalue weighted by atomic mass is 16.6. The molecular weight excluding hydrogens is 332 g/mol. The molecule has 1 N–H and O–H groups in total. The molecule has 0 spiro atoms. The third-order valence-corrected chi connectivity index (χ3v) is 4.39. The zero-order chi connectivity index (χ0) is 19.3. The predicted molar refractivity (Wildman–Crippen MR) is 99.7 cm³/mol. The third kappa shape index (κ3) is 6.02. The Morgan fingerprint density at radius 3 is 2.50 bits per heavy atom. The van der Waals surface area contributed by atoms with Crippen LogP contribution < -0.4 is 5.32 Å². The minimum atomic E-state index is -0.898. The van der Waals surface area contributed by atoms with Crippen molar-refractivity contribution in [3.8, 4) is 0 Å². The standard InChI is InChI=1S/C20H30N2O4/c1-14-11-12-22(5)13-16(14)25-18(23)17(15-9-7-6-8-10-15)21-19(24)26-20(2,3)4/h6-10,14,16-17H,11-13H2,1-5H3,(H,21,24)/t14?,16-,17?/m0/s1. The van der Waals surface area contributed by atoms with Gasteiger partial charge < -0.3 is 19.7 Å². The molecule has 1 aliphatic rings. The van der Waals surface area contributed by atoms with Crippen molar-refractivity contribution in [2.75, 3.05) is 20.1 Å². The van der Waals surface area contributed by atoms with E-state index in [9.17, 15) is 9.59 Å². The summed E-state index contributed by atoms with van der Waals surface area (Å²) in [5.41, 5.74) is 0.0238. The van der Waals surface area contributed by atoms with E-state index in [0.29, 0.717) is 12.1 Å². The number of piperidine rings is 1.